The first-order valence-corrected chi connectivity index (χ1v) is 11.2. The standard InChI is InChI=1S/C20H23N3O6S/c1-12(14-5-6-16-15(9-14)22-19(24)11-28-16)21-20(25)17-10-18(13(2)29-17)30(26,27)23-7-3-4-8-23/h5-6,9-10,12H,3-4,7-8,11H2,1-2H3,(H,21,25)(H,22,24)/t12-/m0/s1. The summed E-state index contributed by atoms with van der Waals surface area (Å²) in [6.45, 7) is 4.24. The number of nitrogens with zero attached hydrogens (tertiary/aromatic N) is 1. The lowest BCUT2D eigenvalue weighted by Crippen LogP contribution is -2.28. The SMILES string of the molecule is Cc1oc(C(=O)N[C@@H](C)c2ccc3c(c2)NC(=O)CO3)cc1S(=O)(=O)N1CCCC1. The van der Waals surface area contributed by atoms with E-state index in [-0.39, 0.29) is 28.9 Å². The topological polar surface area (TPSA) is 118 Å². The number of fused-ring (bicyclic) bond motifs is 1. The third-order valence-electron chi connectivity index (χ3n) is 5.26. The Balaban J connectivity index is 1.50. The third kappa shape index (κ3) is 3.80. The minimum absolute atomic E-state index is 0.0239. The number of anilines is 1. The molecule has 0 radical (unpaired) electrons. The van der Waals surface area contributed by atoms with Gasteiger partial charge in [0, 0.05) is 19.2 Å². The minimum Gasteiger partial charge on any atom is -0.482 e. The molecule has 0 bridgehead atoms. The second kappa shape index (κ2) is 7.77. The molecule has 4 rings (SSSR count). The third-order valence-corrected chi connectivity index (χ3v) is 7.27. The average molecular weight is 433 g/mol. The van der Waals surface area contributed by atoms with Gasteiger partial charge < -0.3 is 19.8 Å². The normalized spacial score (nSPS) is 17.7. The fourth-order valence-corrected chi connectivity index (χ4v) is 5.30. The highest BCUT2D eigenvalue weighted by atomic mass is 32.2. The molecule has 1 fully saturated rings. The molecule has 3 heterocycles. The summed E-state index contributed by atoms with van der Waals surface area (Å²) in [6, 6.07) is 6.12. The van der Waals surface area contributed by atoms with E-state index >= 15 is 0 Å². The summed E-state index contributed by atoms with van der Waals surface area (Å²) in [6.07, 6.45) is 1.65. The first kappa shape index (κ1) is 20.4. The molecule has 1 atom stereocenters. The number of hydrogen-bond donors (Lipinski definition) is 2. The Morgan fingerprint density at radius 2 is 1.97 bits per heavy atom. The molecule has 0 aliphatic carbocycles. The molecule has 0 unspecified atom stereocenters. The summed E-state index contributed by atoms with van der Waals surface area (Å²) in [5, 5.41) is 5.53. The van der Waals surface area contributed by atoms with Crippen molar-refractivity contribution in [3.8, 4) is 5.75 Å². The second-order valence-electron chi connectivity index (χ2n) is 7.43. The zero-order valence-electron chi connectivity index (χ0n) is 16.7. The van der Waals surface area contributed by atoms with E-state index in [0.717, 1.165) is 18.4 Å². The number of benzene rings is 1. The van der Waals surface area contributed by atoms with E-state index in [4.69, 9.17) is 9.15 Å². The monoisotopic (exact) mass is 433 g/mol. The molecule has 2 N–H and O–H groups in total. The first-order chi connectivity index (χ1) is 14.3. The van der Waals surface area contributed by atoms with E-state index < -0.39 is 22.0 Å². The number of ether oxygens (including phenoxy) is 1. The average Bonchev–Trinajstić information content (AvgIpc) is 3.38. The maximum Gasteiger partial charge on any atom is 0.287 e. The molecule has 0 spiro atoms. The molecular weight excluding hydrogens is 410 g/mol. The summed E-state index contributed by atoms with van der Waals surface area (Å²) in [4.78, 5) is 24.2. The predicted molar refractivity (Wildman–Crippen MR) is 108 cm³/mol. The number of aryl methyl sites for hydroxylation is 1. The van der Waals surface area contributed by atoms with Crippen LogP contribution in [0, 0.1) is 6.92 Å². The van der Waals surface area contributed by atoms with Crippen molar-refractivity contribution in [2.24, 2.45) is 0 Å². The molecule has 0 saturated carbocycles. The number of hydrogen-bond acceptors (Lipinski definition) is 6. The van der Waals surface area contributed by atoms with Gasteiger partial charge >= 0.3 is 0 Å². The van der Waals surface area contributed by atoms with E-state index in [2.05, 4.69) is 10.6 Å². The van der Waals surface area contributed by atoms with Crippen LogP contribution in [-0.2, 0) is 14.8 Å². The van der Waals surface area contributed by atoms with Gasteiger partial charge in [0.25, 0.3) is 11.8 Å². The minimum atomic E-state index is -3.67. The Hall–Kier alpha value is -2.85. The van der Waals surface area contributed by atoms with Gasteiger partial charge in [-0.25, -0.2) is 8.42 Å². The number of furan rings is 1. The van der Waals surface area contributed by atoms with Gasteiger partial charge in [0.2, 0.25) is 10.0 Å². The summed E-state index contributed by atoms with van der Waals surface area (Å²) < 4.78 is 37.8. The number of carbonyl (C=O) groups excluding carboxylic acids is 2. The van der Waals surface area contributed by atoms with Gasteiger partial charge in [0.1, 0.15) is 16.4 Å². The summed E-state index contributed by atoms with van der Waals surface area (Å²) >= 11 is 0. The fraction of sp³-hybridized carbons (Fsp3) is 0.400. The van der Waals surface area contributed by atoms with Gasteiger partial charge in [0.05, 0.1) is 11.7 Å². The van der Waals surface area contributed by atoms with Gasteiger partial charge in [-0.15, -0.1) is 0 Å². The van der Waals surface area contributed by atoms with E-state index in [1.54, 1.807) is 25.1 Å². The van der Waals surface area contributed by atoms with Crippen LogP contribution in [0.3, 0.4) is 0 Å². The van der Waals surface area contributed by atoms with E-state index in [1.807, 2.05) is 0 Å². The van der Waals surface area contributed by atoms with Gasteiger partial charge in [-0.3, -0.25) is 9.59 Å². The maximum absolute atomic E-state index is 12.8. The molecule has 2 aliphatic rings. The van der Waals surface area contributed by atoms with Gasteiger partial charge in [0.15, 0.2) is 12.4 Å². The van der Waals surface area contributed by atoms with Crippen LogP contribution < -0.4 is 15.4 Å². The molecule has 30 heavy (non-hydrogen) atoms. The molecular formula is C20H23N3O6S. The molecule has 9 nitrogen and oxygen atoms in total. The molecule has 1 aromatic heterocycles. The second-order valence-corrected chi connectivity index (χ2v) is 9.34. The van der Waals surface area contributed by atoms with Crippen molar-refractivity contribution >= 4 is 27.5 Å². The van der Waals surface area contributed by atoms with E-state index in [9.17, 15) is 18.0 Å². The van der Waals surface area contributed by atoms with Crippen LogP contribution in [0.2, 0.25) is 0 Å². The van der Waals surface area contributed by atoms with E-state index in [1.165, 1.54) is 17.3 Å². The van der Waals surface area contributed by atoms with Gasteiger partial charge in [-0.2, -0.15) is 4.31 Å². The Kier molecular flexibility index (Phi) is 5.29. The molecule has 2 aromatic rings. The summed E-state index contributed by atoms with van der Waals surface area (Å²) in [5.41, 5.74) is 1.29. The zero-order valence-corrected chi connectivity index (χ0v) is 17.5. The highest BCUT2D eigenvalue weighted by molar-refractivity contribution is 7.89. The number of rotatable bonds is 5. The number of amides is 2. The Morgan fingerprint density at radius 1 is 1.23 bits per heavy atom. The predicted octanol–water partition coefficient (Wildman–Crippen LogP) is 2.19. The van der Waals surface area contributed by atoms with Crippen molar-refractivity contribution in [3.63, 3.8) is 0 Å². The van der Waals surface area contributed by atoms with Crippen LogP contribution in [0.5, 0.6) is 5.75 Å². The van der Waals surface area contributed by atoms with Crippen LogP contribution in [-0.4, -0.2) is 44.2 Å². The van der Waals surface area contributed by atoms with Crippen molar-refractivity contribution in [2.45, 2.75) is 37.6 Å². The van der Waals surface area contributed by atoms with Crippen molar-refractivity contribution < 1.29 is 27.2 Å². The quantitative estimate of drug-likeness (QED) is 0.746. The summed E-state index contributed by atoms with van der Waals surface area (Å²) in [7, 11) is -3.67. The van der Waals surface area contributed by atoms with Crippen molar-refractivity contribution in [3.05, 3.63) is 41.3 Å². The largest absolute Gasteiger partial charge is 0.482 e. The molecule has 1 saturated heterocycles. The van der Waals surface area contributed by atoms with Crippen molar-refractivity contribution in [2.75, 3.05) is 25.0 Å². The first-order valence-electron chi connectivity index (χ1n) is 9.74. The Morgan fingerprint density at radius 3 is 2.70 bits per heavy atom. The molecule has 160 valence electrons. The zero-order chi connectivity index (χ0) is 21.5. The van der Waals surface area contributed by atoms with E-state index in [0.29, 0.717) is 24.5 Å². The van der Waals surface area contributed by atoms with Crippen LogP contribution in [0.25, 0.3) is 0 Å². The molecule has 2 amide bonds. The Bertz CT molecular complexity index is 1100. The van der Waals surface area contributed by atoms with Crippen LogP contribution >= 0.6 is 0 Å². The lowest BCUT2D eigenvalue weighted by atomic mass is 10.1. The van der Waals surface area contributed by atoms with Crippen molar-refractivity contribution in [1.29, 1.82) is 0 Å². The van der Waals surface area contributed by atoms with Crippen LogP contribution in [0.15, 0.2) is 33.6 Å². The molecule has 2 aliphatic heterocycles. The smallest absolute Gasteiger partial charge is 0.287 e. The summed E-state index contributed by atoms with van der Waals surface area (Å²) in [5.74, 6) is -0.0732. The highest BCUT2D eigenvalue weighted by Gasteiger charge is 2.32. The van der Waals surface area contributed by atoms with Crippen LogP contribution in [0.1, 0.15) is 47.7 Å². The number of nitrogens with one attached hydrogen (secondary N) is 2. The van der Waals surface area contributed by atoms with Crippen molar-refractivity contribution in [1.82, 2.24) is 9.62 Å². The molecule has 1 aromatic carbocycles. The maximum atomic E-state index is 12.8. The number of carbonyl (C=O) groups is 2. The van der Waals surface area contributed by atoms with Crippen LogP contribution in [0.4, 0.5) is 5.69 Å². The van der Waals surface area contributed by atoms with Gasteiger partial charge in [-0.05, 0) is 44.4 Å². The lowest BCUT2D eigenvalue weighted by Gasteiger charge is -2.20. The Labute approximate surface area is 174 Å². The van der Waals surface area contributed by atoms with Gasteiger partial charge in [-0.1, -0.05) is 6.07 Å². The highest BCUT2D eigenvalue weighted by Crippen LogP contribution is 2.31. The number of sulfonamides is 1. The molecule has 10 heteroatoms. The lowest BCUT2D eigenvalue weighted by molar-refractivity contribution is -0.118. The fourth-order valence-electron chi connectivity index (χ4n) is 3.62.